The lowest BCUT2D eigenvalue weighted by molar-refractivity contribution is -0.148. The van der Waals surface area contributed by atoms with E-state index in [0.29, 0.717) is 11.6 Å². The molecule has 0 aliphatic carbocycles. The van der Waals surface area contributed by atoms with Crippen molar-refractivity contribution in [2.75, 3.05) is 11.9 Å². The zero-order valence-electron chi connectivity index (χ0n) is 15.0. The van der Waals surface area contributed by atoms with Crippen LogP contribution in [0.15, 0.2) is 52.4 Å². The molecule has 0 unspecified atom stereocenters. The summed E-state index contributed by atoms with van der Waals surface area (Å²) in [6.07, 6.45) is 0. The van der Waals surface area contributed by atoms with Gasteiger partial charge in [-0.3, -0.25) is 14.5 Å². The molecule has 0 fully saturated rings. The summed E-state index contributed by atoms with van der Waals surface area (Å²) in [6, 6.07) is 7.59. The number of nitrogens with one attached hydrogen (secondary N) is 2. The molecule has 0 saturated carbocycles. The molecule has 0 radical (unpaired) electrons. The minimum absolute atomic E-state index is 0.0112. The molecule has 1 amide bonds. The van der Waals surface area contributed by atoms with Crippen LogP contribution in [-0.2, 0) is 24.3 Å². The number of fused-ring (bicyclic) bond motifs is 1. The van der Waals surface area contributed by atoms with Crippen LogP contribution in [0.4, 0.5) is 14.5 Å². The first-order valence-electron chi connectivity index (χ1n) is 8.29. The first-order chi connectivity index (χ1) is 13.7. The highest BCUT2D eigenvalue weighted by Gasteiger charge is 2.31. The van der Waals surface area contributed by atoms with Crippen LogP contribution in [0.25, 0.3) is 0 Å². The summed E-state index contributed by atoms with van der Waals surface area (Å²) < 4.78 is 57.5. The van der Waals surface area contributed by atoms with Crippen molar-refractivity contribution >= 4 is 33.4 Å². The van der Waals surface area contributed by atoms with Crippen LogP contribution < -0.4 is 10.0 Å². The number of carbonyl (C=O) groups is 2. The number of nitrogens with zero attached hydrogens (tertiary/aromatic N) is 1. The summed E-state index contributed by atoms with van der Waals surface area (Å²) in [5.41, 5.74) is 0.0504. The number of halogens is 2. The fourth-order valence-electron chi connectivity index (χ4n) is 2.51. The van der Waals surface area contributed by atoms with E-state index < -0.39 is 46.2 Å². The second kappa shape index (κ2) is 7.95. The third kappa shape index (κ3) is 4.57. The van der Waals surface area contributed by atoms with Crippen LogP contribution in [0, 0.1) is 11.6 Å². The van der Waals surface area contributed by atoms with Gasteiger partial charge < -0.3 is 10.1 Å². The first-order valence-corrected chi connectivity index (χ1v) is 9.77. The van der Waals surface area contributed by atoms with Crippen LogP contribution in [0.1, 0.15) is 12.5 Å². The number of anilines is 1. The second-order valence-electron chi connectivity index (χ2n) is 6.04. The van der Waals surface area contributed by atoms with Gasteiger partial charge >= 0.3 is 5.97 Å². The van der Waals surface area contributed by atoms with Crippen LogP contribution >= 0.6 is 0 Å². The maximum atomic E-state index is 13.5. The third-order valence-electron chi connectivity index (χ3n) is 3.88. The normalized spacial score (nSPS) is 16.6. The Labute approximate surface area is 164 Å². The van der Waals surface area contributed by atoms with Gasteiger partial charge in [-0.25, -0.2) is 22.0 Å². The summed E-state index contributed by atoms with van der Waals surface area (Å²) in [6.45, 7) is 0.634. The van der Waals surface area contributed by atoms with Crippen molar-refractivity contribution in [1.29, 1.82) is 0 Å². The molecular weight excluding hydrogens is 408 g/mol. The first kappa shape index (κ1) is 20.4. The van der Waals surface area contributed by atoms with Gasteiger partial charge in [-0.15, -0.1) is 0 Å². The molecule has 1 atom stereocenters. The Hall–Kier alpha value is -3.34. The summed E-state index contributed by atoms with van der Waals surface area (Å²) in [4.78, 5) is 27.9. The number of ether oxygens (including phenoxy) is 1. The molecule has 0 saturated heterocycles. The lowest BCUT2D eigenvalue weighted by atomic mass is 10.2. The zero-order valence-corrected chi connectivity index (χ0v) is 15.8. The highest BCUT2D eigenvalue weighted by Crippen LogP contribution is 2.22. The average Bonchev–Trinajstić information content (AvgIpc) is 2.92. The highest BCUT2D eigenvalue weighted by molar-refractivity contribution is 7.90. The minimum Gasteiger partial charge on any atom is -0.454 e. The van der Waals surface area contributed by atoms with E-state index in [4.69, 9.17) is 4.74 Å². The van der Waals surface area contributed by atoms with Gasteiger partial charge in [0, 0.05) is 11.6 Å². The Morgan fingerprint density at radius 3 is 2.66 bits per heavy atom. The Balaban J connectivity index is 1.61. The maximum Gasteiger partial charge on any atom is 0.331 e. The van der Waals surface area contributed by atoms with Crippen LogP contribution in [-0.4, -0.2) is 38.8 Å². The van der Waals surface area contributed by atoms with Crippen molar-refractivity contribution < 1.29 is 31.5 Å². The van der Waals surface area contributed by atoms with Gasteiger partial charge in [-0.2, -0.15) is 0 Å². The molecule has 8 nitrogen and oxygen atoms in total. The number of amides is 1. The number of hydrogen-bond donors (Lipinski definition) is 2. The van der Waals surface area contributed by atoms with Crippen molar-refractivity contribution in [2.24, 2.45) is 4.99 Å². The molecule has 1 aliphatic heterocycles. The van der Waals surface area contributed by atoms with E-state index in [2.05, 4.69) is 15.0 Å². The van der Waals surface area contributed by atoms with Gasteiger partial charge in [0.1, 0.15) is 23.5 Å². The summed E-state index contributed by atoms with van der Waals surface area (Å²) in [7, 11) is -3.75. The Bertz CT molecular complexity index is 1120. The number of amidine groups is 1. The van der Waals surface area contributed by atoms with Gasteiger partial charge in [0.2, 0.25) is 0 Å². The van der Waals surface area contributed by atoms with Crippen molar-refractivity contribution in [1.82, 2.24) is 4.72 Å². The van der Waals surface area contributed by atoms with Crippen molar-refractivity contribution in [3.05, 3.63) is 59.7 Å². The number of sulfonamides is 1. The monoisotopic (exact) mass is 423 g/mol. The molecule has 2 aromatic rings. The molecule has 1 aliphatic rings. The molecule has 2 N–H and O–H groups in total. The van der Waals surface area contributed by atoms with Gasteiger partial charge in [0.25, 0.3) is 15.9 Å². The Kier molecular flexibility index (Phi) is 5.59. The number of hydrogen-bond acceptors (Lipinski definition) is 6. The lowest BCUT2D eigenvalue weighted by Gasteiger charge is -2.10. The van der Waals surface area contributed by atoms with Crippen molar-refractivity contribution in [3.8, 4) is 0 Å². The molecule has 11 heteroatoms. The van der Waals surface area contributed by atoms with Gasteiger partial charge in [0.05, 0.1) is 10.6 Å². The van der Waals surface area contributed by atoms with E-state index in [0.717, 1.165) is 12.1 Å². The predicted octanol–water partition coefficient (Wildman–Crippen LogP) is 1.57. The molecule has 1 heterocycles. The summed E-state index contributed by atoms with van der Waals surface area (Å²) in [5, 5.41) is 2.14. The quantitative estimate of drug-likeness (QED) is 0.709. The average molecular weight is 423 g/mol. The van der Waals surface area contributed by atoms with Crippen LogP contribution in [0.5, 0.6) is 0 Å². The fourth-order valence-corrected chi connectivity index (χ4v) is 3.75. The number of aliphatic imine (C=N–C) groups is 1. The second-order valence-corrected chi connectivity index (χ2v) is 7.69. The van der Waals surface area contributed by atoms with E-state index in [1.807, 2.05) is 0 Å². The van der Waals surface area contributed by atoms with Gasteiger partial charge in [-0.1, -0.05) is 12.1 Å². The van der Waals surface area contributed by atoms with Crippen LogP contribution in [0.2, 0.25) is 0 Å². The predicted molar refractivity (Wildman–Crippen MR) is 98.7 cm³/mol. The van der Waals surface area contributed by atoms with E-state index in [1.165, 1.54) is 19.1 Å². The van der Waals surface area contributed by atoms with Gasteiger partial charge in [0.15, 0.2) is 6.61 Å². The number of carbonyl (C=O) groups excluding carboxylic acids is 2. The molecule has 152 valence electrons. The number of benzene rings is 2. The highest BCUT2D eigenvalue weighted by atomic mass is 32.2. The molecule has 2 aromatic carbocycles. The van der Waals surface area contributed by atoms with Gasteiger partial charge in [-0.05, 0) is 31.2 Å². The molecular formula is C18H15F2N3O5S. The van der Waals surface area contributed by atoms with Crippen molar-refractivity contribution in [3.63, 3.8) is 0 Å². The summed E-state index contributed by atoms with van der Waals surface area (Å²) >= 11 is 0. The van der Waals surface area contributed by atoms with Crippen LogP contribution in [0.3, 0.4) is 0 Å². The Morgan fingerprint density at radius 2 is 1.93 bits per heavy atom. The topological polar surface area (TPSA) is 114 Å². The standard InChI is InChI=1S/C18H15F2N3O5S/c1-10(21-17-12-4-2-3-5-15(12)29(26,27)23-17)18(25)28-9-16(24)22-14-7-6-11(19)8-13(14)20/h2-8,10H,9H2,1H3,(H,21,23)(H,22,24)/t10-/m1/s1. The number of rotatable bonds is 5. The molecule has 0 bridgehead atoms. The lowest BCUT2D eigenvalue weighted by Crippen LogP contribution is -2.29. The molecule has 0 spiro atoms. The Morgan fingerprint density at radius 1 is 1.21 bits per heavy atom. The SMILES string of the molecule is C[C@@H](N=C1NS(=O)(=O)c2ccccc21)C(=O)OCC(=O)Nc1ccc(F)cc1F. The number of esters is 1. The van der Waals surface area contributed by atoms with E-state index in [1.54, 1.807) is 12.1 Å². The largest absolute Gasteiger partial charge is 0.454 e. The summed E-state index contributed by atoms with van der Waals surface area (Å²) in [5.74, 6) is -3.52. The smallest absolute Gasteiger partial charge is 0.331 e. The van der Waals surface area contributed by atoms with E-state index in [9.17, 15) is 26.8 Å². The third-order valence-corrected chi connectivity index (χ3v) is 5.27. The zero-order chi connectivity index (χ0) is 21.2. The maximum absolute atomic E-state index is 13.5. The van der Waals surface area contributed by atoms with Crippen molar-refractivity contribution in [2.45, 2.75) is 17.9 Å². The minimum atomic E-state index is -3.75. The molecule has 3 rings (SSSR count). The fraction of sp³-hybridized carbons (Fsp3) is 0.167. The van der Waals surface area contributed by atoms with E-state index >= 15 is 0 Å². The van der Waals surface area contributed by atoms with E-state index in [-0.39, 0.29) is 16.4 Å². The molecule has 29 heavy (non-hydrogen) atoms. The molecule has 0 aromatic heterocycles.